The normalized spacial score (nSPS) is 19.4. The van der Waals surface area contributed by atoms with Crippen LogP contribution in [0.5, 0.6) is 5.75 Å². The molecule has 1 aromatic carbocycles. The molecule has 3 rings (SSSR count). The van der Waals surface area contributed by atoms with E-state index in [1.54, 1.807) is 0 Å². The van der Waals surface area contributed by atoms with E-state index in [9.17, 15) is 22.7 Å². The molecule has 0 saturated heterocycles. The second-order valence-corrected chi connectivity index (χ2v) is 6.44. The summed E-state index contributed by atoms with van der Waals surface area (Å²) >= 11 is 2.99. The second kappa shape index (κ2) is 7.85. The molecule has 0 radical (unpaired) electrons. The number of rotatable bonds is 6. The van der Waals surface area contributed by atoms with Crippen molar-refractivity contribution in [3.05, 3.63) is 59.2 Å². The number of imidazole rings is 1. The Balaban J connectivity index is 2.15. The molecule has 1 N–H and O–H groups in total. The lowest BCUT2D eigenvalue weighted by Gasteiger charge is -2.18. The number of hydrogen-bond acceptors (Lipinski definition) is 3. The lowest BCUT2D eigenvalue weighted by Crippen LogP contribution is -2.10. The number of ether oxygens (including phenoxy) is 1. The Morgan fingerprint density at radius 3 is 2.85 bits per heavy atom. The predicted molar refractivity (Wildman–Crippen MR) is 95.9 cm³/mol. The molecular formula is C18H15BrF4N2O2. The van der Waals surface area contributed by atoms with E-state index < -0.39 is 30.3 Å². The highest BCUT2D eigenvalue weighted by molar-refractivity contribution is 9.09. The van der Waals surface area contributed by atoms with Gasteiger partial charge in [0, 0.05) is 23.8 Å². The Hall–Kier alpha value is -2.13. The molecular weight excluding hydrogens is 432 g/mol. The molecule has 0 fully saturated rings. The minimum atomic E-state index is -3.09. The summed E-state index contributed by atoms with van der Waals surface area (Å²) in [7, 11) is 0. The number of allylic oxidation sites excluding steroid dienone is 1. The van der Waals surface area contributed by atoms with Crippen molar-refractivity contribution in [2.75, 3.05) is 5.33 Å². The van der Waals surface area contributed by atoms with E-state index in [1.165, 1.54) is 16.8 Å². The highest BCUT2D eigenvalue weighted by Crippen LogP contribution is 2.47. The summed E-state index contributed by atoms with van der Waals surface area (Å²) in [6.07, 6.45) is 1.62. The average Bonchev–Trinajstić information content (AvgIpc) is 3.13. The molecule has 2 unspecified atom stereocenters. The Labute approximate surface area is 160 Å². The second-order valence-electron chi connectivity index (χ2n) is 5.88. The summed E-state index contributed by atoms with van der Waals surface area (Å²) in [5.74, 6) is -1.83. The maximum absolute atomic E-state index is 13.8. The molecule has 1 heterocycles. The zero-order valence-corrected chi connectivity index (χ0v) is 15.5. The van der Waals surface area contributed by atoms with E-state index in [-0.39, 0.29) is 34.6 Å². The van der Waals surface area contributed by atoms with Crippen LogP contribution < -0.4 is 4.74 Å². The first-order valence-electron chi connectivity index (χ1n) is 7.94. The van der Waals surface area contributed by atoms with Crippen molar-refractivity contribution in [1.82, 2.24) is 9.55 Å². The third-order valence-corrected chi connectivity index (χ3v) is 4.80. The number of aliphatic hydroxyl groups is 1. The van der Waals surface area contributed by atoms with Gasteiger partial charge in [-0.1, -0.05) is 22.5 Å². The fourth-order valence-corrected chi connectivity index (χ4v) is 3.42. The van der Waals surface area contributed by atoms with E-state index in [0.717, 1.165) is 18.2 Å². The monoisotopic (exact) mass is 446 g/mol. The first kappa shape index (κ1) is 19.6. The summed E-state index contributed by atoms with van der Waals surface area (Å²) < 4.78 is 58.9. The van der Waals surface area contributed by atoms with Gasteiger partial charge in [0.15, 0.2) is 0 Å². The number of hydrogen-bond donors (Lipinski definition) is 1. The molecule has 27 heavy (non-hydrogen) atoms. The maximum Gasteiger partial charge on any atom is 0.387 e. The molecule has 2 atom stereocenters. The number of nitrogens with zero attached hydrogens (tertiary/aromatic N) is 2. The van der Waals surface area contributed by atoms with Crippen molar-refractivity contribution in [1.29, 1.82) is 0 Å². The number of fused-ring (bicyclic) bond motifs is 1. The Morgan fingerprint density at radius 1 is 1.48 bits per heavy atom. The van der Waals surface area contributed by atoms with Gasteiger partial charge in [-0.25, -0.2) is 13.8 Å². The van der Waals surface area contributed by atoms with Crippen LogP contribution in [0, 0.1) is 5.82 Å². The van der Waals surface area contributed by atoms with E-state index >= 15 is 0 Å². The van der Waals surface area contributed by atoms with Gasteiger partial charge in [-0.05, 0) is 24.6 Å². The van der Waals surface area contributed by atoms with Crippen LogP contribution >= 0.6 is 15.9 Å². The molecule has 0 saturated carbocycles. The van der Waals surface area contributed by atoms with Crippen LogP contribution in [0.2, 0.25) is 0 Å². The van der Waals surface area contributed by atoms with Gasteiger partial charge in [0.1, 0.15) is 23.2 Å². The lowest BCUT2D eigenvalue weighted by atomic mass is 9.95. The fraction of sp³-hybridized carbons (Fsp3) is 0.278. The van der Waals surface area contributed by atoms with Crippen LogP contribution in [0.25, 0.3) is 12.3 Å². The van der Waals surface area contributed by atoms with Crippen LogP contribution in [0.15, 0.2) is 30.6 Å². The number of alkyl halides is 3. The largest absolute Gasteiger partial charge is 0.435 e. The van der Waals surface area contributed by atoms with Crippen LogP contribution in [0.4, 0.5) is 17.6 Å². The first-order chi connectivity index (χ1) is 12.8. The highest BCUT2D eigenvalue weighted by Gasteiger charge is 2.38. The van der Waals surface area contributed by atoms with Gasteiger partial charge in [0.05, 0.1) is 22.8 Å². The molecule has 1 aliphatic rings. The molecule has 1 aliphatic carbocycles. The van der Waals surface area contributed by atoms with E-state index in [2.05, 4.69) is 32.2 Å². The molecule has 9 heteroatoms. The minimum Gasteiger partial charge on any atom is -0.435 e. The summed E-state index contributed by atoms with van der Waals surface area (Å²) in [4.78, 5) is 4.24. The average molecular weight is 447 g/mol. The van der Waals surface area contributed by atoms with Gasteiger partial charge >= 0.3 is 6.61 Å². The number of benzene rings is 1. The zero-order valence-electron chi connectivity index (χ0n) is 13.9. The molecule has 1 aromatic heterocycles. The van der Waals surface area contributed by atoms with Crippen LogP contribution in [0.3, 0.4) is 0 Å². The topological polar surface area (TPSA) is 47.3 Å². The van der Waals surface area contributed by atoms with Gasteiger partial charge < -0.3 is 14.4 Å². The number of aliphatic hydroxyl groups excluding tert-OH is 1. The van der Waals surface area contributed by atoms with Crippen molar-refractivity contribution in [3.8, 4) is 5.75 Å². The van der Waals surface area contributed by atoms with Gasteiger partial charge in [0.2, 0.25) is 0 Å². The quantitative estimate of drug-likeness (QED) is 0.501. The Morgan fingerprint density at radius 2 is 2.22 bits per heavy atom. The molecule has 0 bridgehead atoms. The van der Waals surface area contributed by atoms with Gasteiger partial charge in [-0.3, -0.25) is 0 Å². The van der Waals surface area contributed by atoms with Gasteiger partial charge in [-0.2, -0.15) is 8.78 Å². The standard InChI is InChI=1S/C18H15BrF4N2O2/c1-2-25-15(6-10(21)8-19)24-16-13(26)7-12(17(16)25)11-5-9(20)3-4-14(11)27-18(22)23/h2-6,12-13,18,26H,1,7-8H2/b10-6+. The summed E-state index contributed by atoms with van der Waals surface area (Å²) in [6, 6.07) is 3.21. The van der Waals surface area contributed by atoms with Gasteiger partial charge in [0.25, 0.3) is 0 Å². The van der Waals surface area contributed by atoms with E-state index in [0.29, 0.717) is 5.69 Å². The molecule has 2 aromatic rings. The highest BCUT2D eigenvalue weighted by atomic mass is 79.9. The maximum atomic E-state index is 13.8. The summed E-state index contributed by atoms with van der Waals surface area (Å²) in [6.45, 7) is 0.581. The number of aromatic nitrogens is 2. The first-order valence-corrected chi connectivity index (χ1v) is 9.06. The summed E-state index contributed by atoms with van der Waals surface area (Å²) in [5, 5.41) is 10.3. The Bertz CT molecular complexity index is 898. The van der Waals surface area contributed by atoms with Crippen molar-refractivity contribution in [2.24, 2.45) is 0 Å². The smallest absolute Gasteiger partial charge is 0.387 e. The minimum absolute atomic E-state index is 0.0239. The van der Waals surface area contributed by atoms with Gasteiger partial charge in [-0.15, -0.1) is 0 Å². The summed E-state index contributed by atoms with van der Waals surface area (Å²) in [5.41, 5.74) is 0.837. The predicted octanol–water partition coefficient (Wildman–Crippen LogP) is 5.00. The molecule has 0 amide bonds. The van der Waals surface area contributed by atoms with Crippen molar-refractivity contribution >= 4 is 28.2 Å². The van der Waals surface area contributed by atoms with Crippen LogP contribution in [0.1, 0.15) is 41.2 Å². The molecule has 4 nitrogen and oxygen atoms in total. The third-order valence-electron chi connectivity index (χ3n) is 4.27. The van der Waals surface area contributed by atoms with Crippen LogP contribution in [-0.2, 0) is 0 Å². The SMILES string of the molecule is C=Cn1c(/C=C(/F)CBr)nc2c1C(c1cc(F)ccc1OC(F)F)CC2O. The molecule has 144 valence electrons. The Kier molecular flexibility index (Phi) is 5.71. The van der Waals surface area contributed by atoms with Crippen molar-refractivity contribution in [3.63, 3.8) is 0 Å². The zero-order chi connectivity index (χ0) is 19.7. The van der Waals surface area contributed by atoms with Crippen molar-refractivity contribution < 1.29 is 27.4 Å². The molecule has 0 spiro atoms. The third kappa shape index (κ3) is 3.79. The fourth-order valence-electron chi connectivity index (χ4n) is 3.26. The van der Waals surface area contributed by atoms with E-state index in [1.807, 2.05) is 0 Å². The van der Waals surface area contributed by atoms with E-state index in [4.69, 9.17) is 0 Å². The van der Waals surface area contributed by atoms with Crippen molar-refractivity contribution in [2.45, 2.75) is 25.1 Å². The number of halogens is 5. The molecule has 0 aliphatic heterocycles. The van der Waals surface area contributed by atoms with Crippen LogP contribution in [-0.4, -0.2) is 26.6 Å². The lowest BCUT2D eigenvalue weighted by molar-refractivity contribution is -0.0506.